The molecule has 1 aliphatic heterocycles. The average Bonchev–Trinajstić information content (AvgIpc) is 2.59. The molecule has 0 spiro atoms. The van der Waals surface area contributed by atoms with Crippen molar-refractivity contribution in [3.8, 4) is 0 Å². The predicted octanol–water partition coefficient (Wildman–Crippen LogP) is 2.60. The average molecular weight is 345 g/mol. The first-order valence-corrected chi connectivity index (χ1v) is 8.76. The molecule has 6 heteroatoms. The first kappa shape index (κ1) is 17.5. The number of hydrogen-bond donors (Lipinski definition) is 1. The summed E-state index contributed by atoms with van der Waals surface area (Å²) < 4.78 is 10.4. The lowest BCUT2D eigenvalue weighted by molar-refractivity contribution is -0.147. The zero-order valence-electron chi connectivity index (χ0n) is 14.3. The van der Waals surface area contributed by atoms with Crippen molar-refractivity contribution in [2.75, 3.05) is 0 Å². The summed E-state index contributed by atoms with van der Waals surface area (Å²) in [6, 6.07) is 9.05. The van der Waals surface area contributed by atoms with Crippen molar-refractivity contribution in [1.29, 1.82) is 0 Å². The second kappa shape index (κ2) is 7.68. The summed E-state index contributed by atoms with van der Waals surface area (Å²) >= 11 is 0. The fraction of sp³-hybridized carbons (Fsp3) is 0.526. The molecular formula is C19H23NO5. The molecule has 0 radical (unpaired) electrons. The topological polar surface area (TPSA) is 81.7 Å². The maximum absolute atomic E-state index is 12.1. The molecule has 1 aromatic rings. The minimum absolute atomic E-state index is 0.119. The molecule has 4 atom stereocenters. The molecule has 0 bridgehead atoms. The van der Waals surface area contributed by atoms with Gasteiger partial charge < -0.3 is 14.8 Å². The number of nitrogens with one attached hydrogen (secondary N) is 1. The van der Waals surface area contributed by atoms with Crippen LogP contribution < -0.4 is 5.32 Å². The summed E-state index contributed by atoms with van der Waals surface area (Å²) in [5.74, 6) is -0.633. The van der Waals surface area contributed by atoms with E-state index in [0.717, 1.165) is 24.8 Å². The van der Waals surface area contributed by atoms with Crippen molar-refractivity contribution in [1.82, 2.24) is 5.32 Å². The number of benzene rings is 1. The first-order valence-electron chi connectivity index (χ1n) is 8.76. The van der Waals surface area contributed by atoms with Crippen LogP contribution >= 0.6 is 0 Å². The van der Waals surface area contributed by atoms with Gasteiger partial charge in [0, 0.05) is 12.3 Å². The number of carbonyl (C=O) groups excluding carboxylic acids is 3. The van der Waals surface area contributed by atoms with Crippen LogP contribution in [-0.2, 0) is 25.7 Å². The van der Waals surface area contributed by atoms with Crippen LogP contribution in [0.4, 0.5) is 4.79 Å². The molecular weight excluding hydrogens is 322 g/mol. The van der Waals surface area contributed by atoms with Gasteiger partial charge in [0.1, 0.15) is 18.5 Å². The van der Waals surface area contributed by atoms with Crippen molar-refractivity contribution in [3.63, 3.8) is 0 Å². The molecule has 2 fully saturated rings. The molecule has 134 valence electrons. The number of carbonyl (C=O) groups is 3. The number of hydrogen-bond acceptors (Lipinski definition) is 5. The van der Waals surface area contributed by atoms with Crippen LogP contribution in [0.2, 0.25) is 0 Å². The third-order valence-corrected chi connectivity index (χ3v) is 5.02. The maximum atomic E-state index is 12.1. The van der Waals surface area contributed by atoms with E-state index in [1.54, 1.807) is 6.92 Å². The number of Topliss-reactive ketones (excluding diaryl/α,β-unsaturated/α-hetero) is 1. The monoisotopic (exact) mass is 345 g/mol. The van der Waals surface area contributed by atoms with Gasteiger partial charge in [0.2, 0.25) is 5.91 Å². The standard InChI is InChI=1S/C19H23NO5/c1-12(25-19(23)24-11-13-7-3-2-4-8-13)16-17(20-18(16)22)14-9-5-6-10-15(14)21/h2-4,7-8,12,14,16-17H,5-6,9-11H2,1H3,(H,20,22)/t12-,14-,16-,17+/m1/s1. The minimum Gasteiger partial charge on any atom is -0.430 e. The lowest BCUT2D eigenvalue weighted by Crippen LogP contribution is -2.66. The highest BCUT2D eigenvalue weighted by Gasteiger charge is 2.50. The molecule has 6 nitrogen and oxygen atoms in total. The fourth-order valence-electron chi connectivity index (χ4n) is 3.64. The number of amides is 1. The van der Waals surface area contributed by atoms with E-state index in [1.165, 1.54) is 0 Å². The van der Waals surface area contributed by atoms with E-state index in [4.69, 9.17) is 9.47 Å². The van der Waals surface area contributed by atoms with E-state index in [0.29, 0.717) is 6.42 Å². The second-order valence-corrected chi connectivity index (χ2v) is 6.73. The predicted molar refractivity (Wildman–Crippen MR) is 89.6 cm³/mol. The Kier molecular flexibility index (Phi) is 5.36. The van der Waals surface area contributed by atoms with Crippen molar-refractivity contribution in [3.05, 3.63) is 35.9 Å². The van der Waals surface area contributed by atoms with Crippen LogP contribution in [0.5, 0.6) is 0 Å². The van der Waals surface area contributed by atoms with Crippen LogP contribution in [0.1, 0.15) is 38.2 Å². The summed E-state index contributed by atoms with van der Waals surface area (Å²) in [6.45, 7) is 1.79. The largest absolute Gasteiger partial charge is 0.508 e. The van der Waals surface area contributed by atoms with Crippen molar-refractivity contribution in [2.24, 2.45) is 11.8 Å². The molecule has 1 amide bonds. The Morgan fingerprint density at radius 1 is 1.24 bits per heavy atom. The Balaban J connectivity index is 1.52. The van der Waals surface area contributed by atoms with Crippen LogP contribution in [-0.4, -0.2) is 30.0 Å². The molecule has 3 rings (SSSR count). The highest BCUT2D eigenvalue weighted by molar-refractivity contribution is 5.91. The Morgan fingerprint density at radius 3 is 2.68 bits per heavy atom. The van der Waals surface area contributed by atoms with Gasteiger partial charge in [-0.2, -0.15) is 0 Å². The third kappa shape index (κ3) is 4.00. The minimum atomic E-state index is -0.801. The van der Waals surface area contributed by atoms with E-state index in [-0.39, 0.29) is 30.3 Å². The summed E-state index contributed by atoms with van der Waals surface area (Å²) in [7, 11) is 0. The quantitative estimate of drug-likeness (QED) is 0.655. The summed E-state index contributed by atoms with van der Waals surface area (Å²) in [4.78, 5) is 35.9. The Labute approximate surface area is 146 Å². The third-order valence-electron chi connectivity index (χ3n) is 5.02. The van der Waals surface area contributed by atoms with E-state index in [2.05, 4.69) is 5.32 Å². The molecule has 0 unspecified atom stereocenters. The van der Waals surface area contributed by atoms with Gasteiger partial charge >= 0.3 is 6.16 Å². The van der Waals surface area contributed by atoms with E-state index in [1.807, 2.05) is 30.3 Å². The maximum Gasteiger partial charge on any atom is 0.508 e. The zero-order valence-corrected chi connectivity index (χ0v) is 14.3. The Morgan fingerprint density at radius 2 is 2.00 bits per heavy atom. The molecule has 1 aromatic carbocycles. The molecule has 2 aliphatic rings. The molecule has 25 heavy (non-hydrogen) atoms. The molecule has 1 heterocycles. The van der Waals surface area contributed by atoms with Crippen molar-refractivity contribution in [2.45, 2.75) is 51.4 Å². The normalized spacial score (nSPS) is 27.0. The van der Waals surface area contributed by atoms with Crippen LogP contribution in [0.25, 0.3) is 0 Å². The van der Waals surface area contributed by atoms with E-state index < -0.39 is 18.2 Å². The van der Waals surface area contributed by atoms with Gasteiger partial charge in [-0.05, 0) is 25.3 Å². The molecule has 1 N–H and O–H groups in total. The van der Waals surface area contributed by atoms with E-state index >= 15 is 0 Å². The van der Waals surface area contributed by atoms with Gasteiger partial charge in [-0.1, -0.05) is 36.8 Å². The molecule has 1 saturated heterocycles. The SMILES string of the molecule is C[C@@H](OC(=O)OCc1ccccc1)[C@H]1C(=O)N[C@H]1[C@@H]1CCCCC1=O. The smallest absolute Gasteiger partial charge is 0.430 e. The van der Waals surface area contributed by atoms with Gasteiger partial charge in [0.15, 0.2) is 0 Å². The molecule has 1 aliphatic carbocycles. The van der Waals surface area contributed by atoms with Crippen molar-refractivity contribution < 1.29 is 23.9 Å². The number of ketones is 1. The summed E-state index contributed by atoms with van der Waals surface area (Å²) in [5, 5.41) is 2.81. The molecule has 0 aromatic heterocycles. The number of rotatable bonds is 5. The van der Waals surface area contributed by atoms with Gasteiger partial charge in [0.25, 0.3) is 0 Å². The number of β-lactam (4-membered cyclic amide) rings is 1. The van der Waals surface area contributed by atoms with Crippen LogP contribution in [0.15, 0.2) is 30.3 Å². The summed E-state index contributed by atoms with van der Waals surface area (Å²) in [6.07, 6.45) is 1.83. The van der Waals surface area contributed by atoms with Gasteiger partial charge in [-0.15, -0.1) is 0 Å². The van der Waals surface area contributed by atoms with Gasteiger partial charge in [-0.3, -0.25) is 9.59 Å². The van der Waals surface area contributed by atoms with Crippen LogP contribution in [0, 0.1) is 11.8 Å². The fourth-order valence-corrected chi connectivity index (χ4v) is 3.64. The lowest BCUT2D eigenvalue weighted by atomic mass is 9.72. The lowest BCUT2D eigenvalue weighted by Gasteiger charge is -2.44. The highest BCUT2D eigenvalue weighted by atomic mass is 16.7. The summed E-state index contributed by atoms with van der Waals surface area (Å²) in [5.41, 5.74) is 0.860. The molecule has 1 saturated carbocycles. The van der Waals surface area contributed by atoms with Crippen LogP contribution in [0.3, 0.4) is 0 Å². The van der Waals surface area contributed by atoms with Gasteiger partial charge in [0.05, 0.1) is 12.0 Å². The zero-order chi connectivity index (χ0) is 17.8. The Bertz CT molecular complexity index is 644. The highest BCUT2D eigenvalue weighted by Crippen LogP contribution is 2.34. The van der Waals surface area contributed by atoms with E-state index in [9.17, 15) is 14.4 Å². The number of ether oxygens (including phenoxy) is 2. The van der Waals surface area contributed by atoms with Gasteiger partial charge in [-0.25, -0.2) is 4.79 Å². The first-order chi connectivity index (χ1) is 12.1. The Hall–Kier alpha value is -2.37. The second-order valence-electron chi connectivity index (χ2n) is 6.73. The van der Waals surface area contributed by atoms with Crippen molar-refractivity contribution >= 4 is 17.8 Å².